The number of rotatable bonds is 2. The predicted molar refractivity (Wildman–Crippen MR) is 66.8 cm³/mol. The molecule has 0 aliphatic carbocycles. The zero-order valence-corrected chi connectivity index (χ0v) is 11.7. The molecule has 1 heterocycles. The number of hydrogen-bond donors (Lipinski definition) is 1. The van der Waals surface area contributed by atoms with Gasteiger partial charge in [0.05, 0.1) is 17.1 Å². The van der Waals surface area contributed by atoms with E-state index >= 15 is 0 Å². The lowest BCUT2D eigenvalue weighted by atomic mass is 9.79. The fourth-order valence-corrected chi connectivity index (χ4v) is 1.32. The lowest BCUT2D eigenvalue weighted by Gasteiger charge is -2.32. The molecule has 1 unspecified atom stereocenters. The van der Waals surface area contributed by atoms with Crippen LogP contribution in [0.4, 0.5) is 0 Å². The highest BCUT2D eigenvalue weighted by Gasteiger charge is 2.57. The third-order valence-corrected chi connectivity index (χ3v) is 3.74. The van der Waals surface area contributed by atoms with Crippen LogP contribution in [-0.2, 0) is 9.31 Å². The summed E-state index contributed by atoms with van der Waals surface area (Å²) in [6.45, 7) is 7.75. The minimum atomic E-state index is -1.17. The first kappa shape index (κ1) is 15.8. The van der Waals surface area contributed by atoms with Crippen molar-refractivity contribution in [3.63, 3.8) is 0 Å². The van der Waals surface area contributed by atoms with Crippen LogP contribution in [-0.4, -0.2) is 29.1 Å². The molecule has 0 aromatic carbocycles. The van der Waals surface area contributed by atoms with Gasteiger partial charge in [-0.05, 0) is 27.7 Å². The molecule has 90 valence electrons. The Morgan fingerprint density at radius 2 is 1.53 bits per heavy atom. The van der Waals surface area contributed by atoms with Crippen LogP contribution in [0.15, 0.2) is 0 Å². The van der Waals surface area contributed by atoms with Crippen molar-refractivity contribution in [1.82, 2.24) is 0 Å². The average molecular weight is 276 g/mol. The Morgan fingerprint density at radius 3 is 1.80 bits per heavy atom. The number of nitrogens with two attached hydrogens (primary N) is 1. The van der Waals surface area contributed by atoms with Gasteiger partial charge in [0, 0.05) is 0 Å². The first-order valence-corrected chi connectivity index (χ1v) is 5.43. The highest BCUT2D eigenvalue weighted by molar-refractivity contribution is 6.64. The molecule has 15 heavy (non-hydrogen) atoms. The van der Waals surface area contributed by atoms with Gasteiger partial charge in [-0.3, -0.25) is 0 Å². The molecule has 0 radical (unpaired) electrons. The molecule has 2 N–H and O–H groups in total. The Bertz CT molecular complexity index is 220. The molecule has 0 amide bonds. The van der Waals surface area contributed by atoms with E-state index in [1.165, 1.54) is 0 Å². The second kappa shape index (κ2) is 4.59. The maximum absolute atomic E-state index is 5.98. The van der Waals surface area contributed by atoms with Crippen molar-refractivity contribution in [2.75, 3.05) is 5.88 Å². The molecular formula is C8H17BCl3NO2. The van der Waals surface area contributed by atoms with Gasteiger partial charge in [-0.2, -0.15) is 0 Å². The van der Waals surface area contributed by atoms with Crippen molar-refractivity contribution in [3.8, 4) is 0 Å². The second-order valence-electron chi connectivity index (χ2n) is 4.65. The molecule has 1 aliphatic heterocycles. The molecule has 1 saturated heterocycles. The van der Waals surface area contributed by atoms with Gasteiger partial charge >= 0.3 is 7.12 Å². The van der Waals surface area contributed by atoms with Crippen LogP contribution in [0.2, 0.25) is 0 Å². The lowest BCUT2D eigenvalue weighted by molar-refractivity contribution is 0.00578. The van der Waals surface area contributed by atoms with Gasteiger partial charge in [-0.15, -0.1) is 35.6 Å². The first-order valence-electron chi connectivity index (χ1n) is 4.52. The van der Waals surface area contributed by atoms with E-state index in [0.717, 1.165) is 0 Å². The molecule has 0 bridgehead atoms. The number of halogens is 3. The van der Waals surface area contributed by atoms with Crippen molar-refractivity contribution in [3.05, 3.63) is 0 Å². The van der Waals surface area contributed by atoms with Crippen LogP contribution in [0.1, 0.15) is 27.7 Å². The largest absolute Gasteiger partial charge is 0.496 e. The van der Waals surface area contributed by atoms with E-state index in [0.29, 0.717) is 0 Å². The number of hydrogen-bond acceptors (Lipinski definition) is 3. The Morgan fingerprint density at radius 1 is 1.20 bits per heavy atom. The summed E-state index contributed by atoms with van der Waals surface area (Å²) in [6.07, 6.45) is 0. The molecule has 0 saturated carbocycles. The zero-order valence-electron chi connectivity index (χ0n) is 9.34. The Labute approximate surface area is 108 Å². The van der Waals surface area contributed by atoms with E-state index in [1.54, 1.807) is 0 Å². The van der Waals surface area contributed by atoms with Crippen LogP contribution in [0.3, 0.4) is 0 Å². The summed E-state index contributed by atoms with van der Waals surface area (Å²) >= 11 is 11.6. The molecular weight excluding hydrogens is 259 g/mol. The van der Waals surface area contributed by atoms with Crippen molar-refractivity contribution < 1.29 is 9.31 Å². The van der Waals surface area contributed by atoms with Crippen molar-refractivity contribution in [2.24, 2.45) is 5.73 Å². The standard InChI is InChI=1S/C8H16BCl2NO2.ClH/c1-6(2)7(3,4)14-9(13-6)8(11,12)5-10;/h5,12H2,1-4H3;1H. The molecule has 0 aromatic rings. The fourth-order valence-electron chi connectivity index (χ4n) is 1.10. The topological polar surface area (TPSA) is 44.5 Å². The molecule has 7 heteroatoms. The van der Waals surface area contributed by atoms with Gasteiger partial charge in [0.2, 0.25) is 0 Å². The average Bonchev–Trinajstić information content (AvgIpc) is 2.22. The normalized spacial score (nSPS) is 27.0. The van der Waals surface area contributed by atoms with E-state index in [4.69, 9.17) is 38.2 Å². The summed E-state index contributed by atoms with van der Waals surface area (Å²) in [5, 5.41) is 0. The summed E-state index contributed by atoms with van der Waals surface area (Å²) < 4.78 is 11.3. The third kappa shape index (κ3) is 2.93. The van der Waals surface area contributed by atoms with Crippen LogP contribution >= 0.6 is 35.6 Å². The van der Waals surface area contributed by atoms with Crippen LogP contribution in [0.25, 0.3) is 0 Å². The highest BCUT2D eigenvalue weighted by atomic mass is 35.5. The lowest BCUT2D eigenvalue weighted by Crippen LogP contribution is -2.52. The van der Waals surface area contributed by atoms with Gasteiger partial charge in [-0.1, -0.05) is 0 Å². The second-order valence-corrected chi connectivity index (χ2v) is 5.62. The number of alkyl halides is 2. The summed E-state index contributed by atoms with van der Waals surface area (Å²) in [4.78, 5) is -1.17. The highest BCUT2D eigenvalue weighted by Crippen LogP contribution is 2.40. The SMILES string of the molecule is CC1(C)OB(C(N)(Cl)CCl)OC1(C)C.Cl. The van der Waals surface area contributed by atoms with Crippen LogP contribution in [0, 0.1) is 0 Å². The van der Waals surface area contributed by atoms with E-state index in [-0.39, 0.29) is 18.3 Å². The third-order valence-electron chi connectivity index (χ3n) is 2.85. The quantitative estimate of drug-likeness (QED) is 0.477. The molecule has 1 aliphatic rings. The van der Waals surface area contributed by atoms with Crippen molar-refractivity contribution in [1.29, 1.82) is 0 Å². The van der Waals surface area contributed by atoms with E-state index < -0.39 is 23.2 Å². The minimum absolute atomic E-state index is 0. The molecule has 0 spiro atoms. The summed E-state index contributed by atoms with van der Waals surface area (Å²) in [5.41, 5.74) is 4.89. The molecule has 1 atom stereocenters. The summed E-state index contributed by atoms with van der Waals surface area (Å²) in [7, 11) is -0.674. The maximum atomic E-state index is 5.98. The molecule has 1 rings (SSSR count). The molecule has 1 fully saturated rings. The van der Waals surface area contributed by atoms with E-state index in [9.17, 15) is 0 Å². The zero-order chi connectivity index (χ0) is 11.2. The minimum Gasteiger partial charge on any atom is -0.401 e. The molecule has 3 nitrogen and oxygen atoms in total. The van der Waals surface area contributed by atoms with Crippen LogP contribution < -0.4 is 5.73 Å². The van der Waals surface area contributed by atoms with Gasteiger partial charge in [-0.25, -0.2) is 0 Å². The molecule has 0 aromatic heterocycles. The predicted octanol–water partition coefficient (Wildman–Crippen LogP) is 2.17. The first-order chi connectivity index (χ1) is 6.12. The van der Waals surface area contributed by atoms with Gasteiger partial charge in [0.25, 0.3) is 0 Å². The van der Waals surface area contributed by atoms with Crippen LogP contribution in [0.5, 0.6) is 0 Å². The Kier molecular flexibility index (Phi) is 4.84. The van der Waals surface area contributed by atoms with Gasteiger partial charge in [0.1, 0.15) is 4.90 Å². The fraction of sp³-hybridized carbons (Fsp3) is 1.00. The smallest absolute Gasteiger partial charge is 0.401 e. The Hall–Kier alpha value is 0.815. The van der Waals surface area contributed by atoms with Crippen molar-refractivity contribution >= 4 is 42.7 Å². The Balaban J connectivity index is 0.00000196. The summed E-state index contributed by atoms with van der Waals surface area (Å²) in [6, 6.07) is 0. The summed E-state index contributed by atoms with van der Waals surface area (Å²) in [5.74, 6) is 0.0748. The maximum Gasteiger partial charge on any atom is 0.496 e. The van der Waals surface area contributed by atoms with Crippen molar-refractivity contribution in [2.45, 2.75) is 43.8 Å². The van der Waals surface area contributed by atoms with E-state index in [2.05, 4.69) is 0 Å². The van der Waals surface area contributed by atoms with Gasteiger partial charge < -0.3 is 15.0 Å². The van der Waals surface area contributed by atoms with Gasteiger partial charge in [0.15, 0.2) is 0 Å². The van der Waals surface area contributed by atoms with E-state index in [1.807, 2.05) is 27.7 Å². The monoisotopic (exact) mass is 275 g/mol.